The third kappa shape index (κ3) is 3.11. The Kier molecular flexibility index (Phi) is 5.05. The maximum atomic E-state index is 13.1. The summed E-state index contributed by atoms with van der Waals surface area (Å²) in [6.45, 7) is 1.75. The van der Waals surface area contributed by atoms with Crippen LogP contribution < -0.4 is 5.73 Å². The molecule has 138 valence electrons. The molecular weight excluding hydrogens is 397 g/mol. The standard InChI is InChI=1S/C18H17Cl2NO4S/c1-2-25-17(22)18(21)15(11-3-5-12(19)6-4-11)16(18)26(23,24)14-9-7-13(20)8-10-14/h3-10,15-16H,2,21H2,1H3/t15-,16+,18-/m0/s1. The van der Waals surface area contributed by atoms with Gasteiger partial charge in [-0.25, -0.2) is 13.2 Å². The van der Waals surface area contributed by atoms with Crippen molar-refractivity contribution < 1.29 is 17.9 Å². The number of ether oxygens (including phenoxy) is 1. The minimum Gasteiger partial charge on any atom is -0.465 e. The number of nitrogens with two attached hydrogens (primary N) is 1. The second-order valence-electron chi connectivity index (χ2n) is 6.10. The molecule has 0 spiro atoms. The number of hydrogen-bond acceptors (Lipinski definition) is 5. The van der Waals surface area contributed by atoms with E-state index in [4.69, 9.17) is 33.7 Å². The average Bonchev–Trinajstić information content (AvgIpc) is 3.25. The summed E-state index contributed by atoms with van der Waals surface area (Å²) < 4.78 is 31.3. The molecule has 0 bridgehead atoms. The van der Waals surface area contributed by atoms with Crippen molar-refractivity contribution >= 4 is 39.0 Å². The lowest BCUT2D eigenvalue weighted by Gasteiger charge is -2.11. The minimum atomic E-state index is -3.88. The molecule has 5 nitrogen and oxygen atoms in total. The fraction of sp³-hybridized carbons (Fsp3) is 0.278. The molecule has 0 heterocycles. The van der Waals surface area contributed by atoms with Crippen molar-refractivity contribution in [2.45, 2.75) is 28.5 Å². The fourth-order valence-corrected chi connectivity index (χ4v) is 5.68. The highest BCUT2D eigenvalue weighted by Crippen LogP contribution is 2.56. The van der Waals surface area contributed by atoms with Gasteiger partial charge in [0, 0.05) is 16.0 Å². The van der Waals surface area contributed by atoms with E-state index in [1.54, 1.807) is 31.2 Å². The maximum Gasteiger partial charge on any atom is 0.328 e. The normalized spacial score (nSPS) is 24.9. The second kappa shape index (κ2) is 6.85. The third-order valence-electron chi connectivity index (χ3n) is 4.51. The molecule has 0 radical (unpaired) electrons. The zero-order valence-corrected chi connectivity index (χ0v) is 16.2. The lowest BCUT2D eigenvalue weighted by Crippen LogP contribution is -2.41. The summed E-state index contributed by atoms with van der Waals surface area (Å²) in [5, 5.41) is -0.208. The number of rotatable bonds is 5. The predicted molar refractivity (Wildman–Crippen MR) is 100 cm³/mol. The Morgan fingerprint density at radius 2 is 1.58 bits per heavy atom. The van der Waals surface area contributed by atoms with E-state index < -0.39 is 32.5 Å². The van der Waals surface area contributed by atoms with Crippen molar-refractivity contribution in [3.63, 3.8) is 0 Å². The van der Waals surface area contributed by atoms with Crippen LogP contribution in [0.15, 0.2) is 53.4 Å². The highest BCUT2D eigenvalue weighted by Gasteiger charge is 2.74. The molecule has 1 aliphatic rings. The van der Waals surface area contributed by atoms with Crippen LogP contribution in [0.2, 0.25) is 10.0 Å². The zero-order chi connectivity index (χ0) is 19.1. The minimum absolute atomic E-state index is 0.0579. The molecule has 0 amide bonds. The van der Waals surface area contributed by atoms with Crippen molar-refractivity contribution in [3.8, 4) is 0 Å². The number of sulfone groups is 1. The van der Waals surface area contributed by atoms with E-state index in [0.717, 1.165) is 0 Å². The van der Waals surface area contributed by atoms with E-state index in [1.807, 2.05) is 0 Å². The summed E-state index contributed by atoms with van der Waals surface area (Å²) in [5.41, 5.74) is 5.24. The van der Waals surface area contributed by atoms with Crippen LogP contribution in [0, 0.1) is 0 Å². The molecule has 1 fully saturated rings. The van der Waals surface area contributed by atoms with Crippen LogP contribution in [0.1, 0.15) is 18.4 Å². The van der Waals surface area contributed by atoms with Gasteiger partial charge in [0.25, 0.3) is 0 Å². The molecule has 2 aromatic carbocycles. The summed E-state index contributed by atoms with van der Waals surface area (Å²) in [7, 11) is -3.88. The number of halogens is 2. The molecule has 8 heteroatoms. The number of benzene rings is 2. The Bertz CT molecular complexity index is 929. The van der Waals surface area contributed by atoms with Crippen LogP contribution in [-0.4, -0.2) is 31.8 Å². The van der Waals surface area contributed by atoms with E-state index in [-0.39, 0.29) is 11.5 Å². The van der Waals surface area contributed by atoms with Crippen molar-refractivity contribution in [3.05, 3.63) is 64.1 Å². The third-order valence-corrected chi connectivity index (χ3v) is 7.28. The number of carbonyl (C=O) groups is 1. The largest absolute Gasteiger partial charge is 0.465 e. The molecule has 0 saturated heterocycles. The van der Waals surface area contributed by atoms with Gasteiger partial charge < -0.3 is 10.5 Å². The van der Waals surface area contributed by atoms with Crippen LogP contribution in [0.4, 0.5) is 0 Å². The average molecular weight is 414 g/mol. The summed E-state index contributed by atoms with van der Waals surface area (Å²) in [4.78, 5) is 12.5. The summed E-state index contributed by atoms with van der Waals surface area (Å²) in [5.74, 6) is -1.46. The molecule has 3 atom stereocenters. The van der Waals surface area contributed by atoms with Crippen LogP contribution >= 0.6 is 23.2 Å². The smallest absolute Gasteiger partial charge is 0.328 e. The van der Waals surface area contributed by atoms with Crippen molar-refractivity contribution in [1.82, 2.24) is 0 Å². The first-order valence-corrected chi connectivity index (χ1v) is 10.2. The van der Waals surface area contributed by atoms with Crippen LogP contribution in [0.25, 0.3) is 0 Å². The summed E-state index contributed by atoms with van der Waals surface area (Å²) in [6, 6.07) is 12.4. The Labute approximate surface area is 162 Å². The number of hydrogen-bond donors (Lipinski definition) is 1. The van der Waals surface area contributed by atoms with E-state index in [0.29, 0.717) is 15.6 Å². The number of esters is 1. The van der Waals surface area contributed by atoms with E-state index in [2.05, 4.69) is 0 Å². The lowest BCUT2D eigenvalue weighted by molar-refractivity contribution is -0.145. The highest BCUT2D eigenvalue weighted by atomic mass is 35.5. The maximum absolute atomic E-state index is 13.1. The van der Waals surface area contributed by atoms with Gasteiger partial charge in [-0.15, -0.1) is 0 Å². The van der Waals surface area contributed by atoms with Crippen molar-refractivity contribution in [2.75, 3.05) is 6.61 Å². The molecule has 1 saturated carbocycles. The summed E-state index contributed by atoms with van der Waals surface area (Å²) >= 11 is 11.7. The first kappa shape index (κ1) is 19.2. The van der Waals surface area contributed by atoms with E-state index in [1.165, 1.54) is 24.3 Å². The second-order valence-corrected chi connectivity index (χ2v) is 9.04. The first-order chi connectivity index (χ1) is 12.2. The van der Waals surface area contributed by atoms with Gasteiger partial charge in [0.15, 0.2) is 9.84 Å². The summed E-state index contributed by atoms with van der Waals surface area (Å²) in [6.07, 6.45) is 0. The molecule has 2 N–H and O–H groups in total. The van der Waals surface area contributed by atoms with Gasteiger partial charge in [0.1, 0.15) is 10.8 Å². The van der Waals surface area contributed by atoms with Gasteiger partial charge in [-0.05, 0) is 48.9 Å². The molecule has 1 aliphatic carbocycles. The van der Waals surface area contributed by atoms with Gasteiger partial charge in [-0.3, -0.25) is 0 Å². The van der Waals surface area contributed by atoms with E-state index >= 15 is 0 Å². The highest BCUT2D eigenvalue weighted by molar-refractivity contribution is 7.92. The SMILES string of the molecule is CCOC(=O)[C@@]1(N)[C@H](S(=O)(=O)c2ccc(Cl)cc2)[C@@H]1c1ccc(Cl)cc1. The Morgan fingerprint density at radius 3 is 2.08 bits per heavy atom. The quantitative estimate of drug-likeness (QED) is 0.760. The Hall–Kier alpha value is -1.60. The van der Waals surface area contributed by atoms with Crippen LogP contribution in [0.3, 0.4) is 0 Å². The van der Waals surface area contributed by atoms with Crippen LogP contribution in [0.5, 0.6) is 0 Å². The van der Waals surface area contributed by atoms with Gasteiger partial charge in [-0.2, -0.15) is 0 Å². The molecule has 3 rings (SSSR count). The fourth-order valence-electron chi connectivity index (χ4n) is 3.20. The molecule has 26 heavy (non-hydrogen) atoms. The molecule has 2 aromatic rings. The van der Waals surface area contributed by atoms with Gasteiger partial charge in [-0.1, -0.05) is 35.3 Å². The zero-order valence-electron chi connectivity index (χ0n) is 13.9. The van der Waals surface area contributed by atoms with Crippen molar-refractivity contribution in [1.29, 1.82) is 0 Å². The van der Waals surface area contributed by atoms with Crippen molar-refractivity contribution in [2.24, 2.45) is 5.73 Å². The van der Waals surface area contributed by atoms with Gasteiger partial charge in [0.2, 0.25) is 0 Å². The molecule has 0 aromatic heterocycles. The molecular formula is C18H17Cl2NO4S. The Morgan fingerprint density at radius 1 is 1.08 bits per heavy atom. The molecule has 0 unspecified atom stereocenters. The van der Waals surface area contributed by atoms with E-state index in [9.17, 15) is 13.2 Å². The Balaban J connectivity index is 2.06. The topological polar surface area (TPSA) is 86.5 Å². The first-order valence-electron chi connectivity index (χ1n) is 7.94. The van der Waals surface area contributed by atoms with Gasteiger partial charge in [0.05, 0.1) is 11.5 Å². The van der Waals surface area contributed by atoms with Crippen LogP contribution in [-0.2, 0) is 19.4 Å². The number of carbonyl (C=O) groups excluding carboxylic acids is 1. The predicted octanol–water partition coefficient (Wildman–Crippen LogP) is 3.19. The lowest BCUT2D eigenvalue weighted by atomic mass is 10.1. The monoisotopic (exact) mass is 413 g/mol. The molecule has 0 aliphatic heterocycles. The van der Waals surface area contributed by atoms with Gasteiger partial charge >= 0.3 is 5.97 Å².